The Morgan fingerprint density at radius 1 is 1.03 bits per heavy atom. The van der Waals surface area contributed by atoms with E-state index in [1.54, 1.807) is 4.90 Å². The number of methoxy groups -OCH3 is 1. The van der Waals surface area contributed by atoms with Crippen molar-refractivity contribution in [3.05, 3.63) is 83.9 Å². The van der Waals surface area contributed by atoms with E-state index in [0.29, 0.717) is 12.5 Å². The number of hydrogen-bond acceptors (Lipinski definition) is 3. The van der Waals surface area contributed by atoms with Crippen LogP contribution in [0.4, 0.5) is 0 Å². The molecule has 0 aliphatic heterocycles. The first-order valence-corrected chi connectivity index (χ1v) is 10.4. The predicted octanol–water partition coefficient (Wildman–Crippen LogP) is 4.74. The number of ether oxygens (including phenoxy) is 1. The normalized spacial score (nSPS) is 17.5. The molecule has 2 aromatic rings. The molecule has 158 valence electrons. The second-order valence-corrected chi connectivity index (χ2v) is 8.87. The second kappa shape index (κ2) is 8.86. The molecule has 0 radical (unpaired) electrons. The van der Waals surface area contributed by atoms with Crippen molar-refractivity contribution in [3.8, 4) is 0 Å². The van der Waals surface area contributed by atoms with Crippen LogP contribution in [-0.2, 0) is 19.7 Å². The summed E-state index contributed by atoms with van der Waals surface area (Å²) in [6.07, 6.45) is 5.11. The van der Waals surface area contributed by atoms with E-state index >= 15 is 0 Å². The van der Waals surface area contributed by atoms with Gasteiger partial charge >= 0.3 is 5.97 Å². The van der Waals surface area contributed by atoms with Crippen molar-refractivity contribution < 1.29 is 14.3 Å². The number of allylic oxidation sites excluding steroid dienone is 1. The molecular formula is C26H31NO3. The molecule has 0 saturated heterocycles. The van der Waals surface area contributed by atoms with Crippen LogP contribution in [0.5, 0.6) is 0 Å². The Kier molecular flexibility index (Phi) is 6.45. The van der Waals surface area contributed by atoms with Gasteiger partial charge in [-0.1, -0.05) is 72.8 Å². The number of nitrogens with zero attached hydrogens (tertiary/aromatic N) is 1. The Labute approximate surface area is 179 Å². The van der Waals surface area contributed by atoms with Crippen molar-refractivity contribution in [1.82, 2.24) is 4.90 Å². The van der Waals surface area contributed by atoms with Crippen molar-refractivity contribution in [1.29, 1.82) is 0 Å². The first-order valence-electron chi connectivity index (χ1n) is 10.4. The zero-order valence-electron chi connectivity index (χ0n) is 18.3. The molecule has 1 amide bonds. The van der Waals surface area contributed by atoms with Gasteiger partial charge in [0.2, 0.25) is 5.91 Å². The maximum absolute atomic E-state index is 12.6. The van der Waals surface area contributed by atoms with Gasteiger partial charge in [-0.3, -0.25) is 9.59 Å². The van der Waals surface area contributed by atoms with Crippen LogP contribution in [-0.4, -0.2) is 36.0 Å². The number of rotatable bonds is 7. The lowest BCUT2D eigenvalue weighted by molar-refractivity contribution is -0.148. The largest absolute Gasteiger partial charge is 0.469 e. The zero-order valence-corrected chi connectivity index (χ0v) is 18.3. The fourth-order valence-electron chi connectivity index (χ4n) is 4.19. The van der Waals surface area contributed by atoms with E-state index in [9.17, 15) is 9.59 Å². The average Bonchev–Trinajstić information content (AvgIpc) is 3.46. The number of carbonyl (C=O) groups is 2. The van der Waals surface area contributed by atoms with Crippen LogP contribution in [0, 0.1) is 5.92 Å². The summed E-state index contributed by atoms with van der Waals surface area (Å²) in [4.78, 5) is 25.9. The maximum Gasteiger partial charge on any atom is 0.315 e. The SMILES string of the molecule is COC(=O)CC(=O)N(C/C=C/C1CC1(c1ccccc1)c1ccccc1)C(C)(C)C. The third-order valence-electron chi connectivity index (χ3n) is 5.88. The van der Waals surface area contributed by atoms with Crippen LogP contribution >= 0.6 is 0 Å². The molecule has 4 nitrogen and oxygen atoms in total. The summed E-state index contributed by atoms with van der Waals surface area (Å²) in [7, 11) is 1.30. The number of esters is 1. The third kappa shape index (κ3) is 4.64. The monoisotopic (exact) mass is 405 g/mol. The maximum atomic E-state index is 12.6. The van der Waals surface area contributed by atoms with E-state index in [1.807, 2.05) is 32.9 Å². The summed E-state index contributed by atoms with van der Waals surface area (Å²) in [6, 6.07) is 21.2. The standard InChI is InChI=1S/C26H31NO3/c1-25(2,3)27(23(28)18-24(29)30-4)17-11-16-22-19-26(22,20-12-7-5-8-13-20)21-14-9-6-10-15-21/h5-16,22H,17-19H2,1-4H3/b16-11+. The molecule has 4 heteroatoms. The van der Waals surface area contributed by atoms with Gasteiger partial charge in [0.05, 0.1) is 7.11 Å². The highest BCUT2D eigenvalue weighted by molar-refractivity contribution is 5.94. The minimum Gasteiger partial charge on any atom is -0.469 e. The zero-order chi connectivity index (χ0) is 21.8. The van der Waals surface area contributed by atoms with Crippen LogP contribution in [0.1, 0.15) is 44.7 Å². The van der Waals surface area contributed by atoms with E-state index in [0.717, 1.165) is 6.42 Å². The average molecular weight is 406 g/mol. The molecule has 1 unspecified atom stereocenters. The topological polar surface area (TPSA) is 46.6 Å². The Morgan fingerprint density at radius 3 is 2.03 bits per heavy atom. The molecule has 2 aromatic carbocycles. The summed E-state index contributed by atoms with van der Waals surface area (Å²) in [5.41, 5.74) is 2.25. The highest BCUT2D eigenvalue weighted by atomic mass is 16.5. The molecule has 1 aliphatic carbocycles. The van der Waals surface area contributed by atoms with E-state index in [1.165, 1.54) is 18.2 Å². The van der Waals surface area contributed by atoms with Crippen molar-refractivity contribution >= 4 is 11.9 Å². The molecule has 0 bridgehead atoms. The Hall–Kier alpha value is -2.88. The third-order valence-corrected chi connectivity index (χ3v) is 5.88. The smallest absolute Gasteiger partial charge is 0.315 e. The summed E-state index contributed by atoms with van der Waals surface area (Å²) >= 11 is 0. The van der Waals surface area contributed by atoms with Crippen LogP contribution in [0.2, 0.25) is 0 Å². The van der Waals surface area contributed by atoms with Crippen molar-refractivity contribution in [2.24, 2.45) is 5.92 Å². The lowest BCUT2D eigenvalue weighted by Gasteiger charge is -2.34. The van der Waals surface area contributed by atoms with E-state index < -0.39 is 5.97 Å². The molecular weight excluding hydrogens is 374 g/mol. The first-order chi connectivity index (χ1) is 14.3. The van der Waals surface area contributed by atoms with Gasteiger partial charge < -0.3 is 9.64 Å². The first kappa shape index (κ1) is 21.8. The molecule has 1 saturated carbocycles. The quantitative estimate of drug-likeness (QED) is 0.380. The van der Waals surface area contributed by atoms with Gasteiger partial charge in [0.1, 0.15) is 6.42 Å². The Balaban J connectivity index is 1.78. The number of benzene rings is 2. The summed E-state index contributed by atoms with van der Waals surface area (Å²) in [5.74, 6) is -0.348. The molecule has 0 N–H and O–H groups in total. The van der Waals surface area contributed by atoms with Gasteiger partial charge in [-0.25, -0.2) is 0 Å². The number of amides is 1. The van der Waals surface area contributed by atoms with Gasteiger partial charge in [0.25, 0.3) is 0 Å². The summed E-state index contributed by atoms with van der Waals surface area (Å²) < 4.78 is 4.66. The van der Waals surface area contributed by atoms with Crippen LogP contribution in [0.3, 0.4) is 0 Å². The van der Waals surface area contributed by atoms with Gasteiger partial charge in [0.15, 0.2) is 0 Å². The van der Waals surface area contributed by atoms with Gasteiger partial charge in [-0.05, 0) is 44.2 Å². The minimum absolute atomic E-state index is 0.0123. The van der Waals surface area contributed by atoms with Crippen molar-refractivity contribution in [3.63, 3.8) is 0 Å². The van der Waals surface area contributed by atoms with Crippen LogP contribution in [0.25, 0.3) is 0 Å². The van der Waals surface area contributed by atoms with E-state index in [4.69, 9.17) is 0 Å². The molecule has 0 spiro atoms. The van der Waals surface area contributed by atoms with Crippen molar-refractivity contribution in [2.45, 2.75) is 44.6 Å². The Morgan fingerprint density at radius 2 is 1.57 bits per heavy atom. The predicted molar refractivity (Wildman–Crippen MR) is 119 cm³/mol. The molecule has 30 heavy (non-hydrogen) atoms. The highest BCUT2D eigenvalue weighted by Crippen LogP contribution is 2.59. The number of carbonyl (C=O) groups excluding carboxylic acids is 2. The molecule has 0 aromatic heterocycles. The lowest BCUT2D eigenvalue weighted by atomic mass is 9.85. The van der Waals surface area contributed by atoms with Gasteiger partial charge in [0, 0.05) is 17.5 Å². The fourth-order valence-corrected chi connectivity index (χ4v) is 4.19. The molecule has 1 atom stereocenters. The summed E-state index contributed by atoms with van der Waals surface area (Å²) in [5, 5.41) is 0. The molecule has 1 fully saturated rings. The molecule has 0 heterocycles. The summed E-state index contributed by atoms with van der Waals surface area (Å²) in [6.45, 7) is 6.40. The molecule has 1 aliphatic rings. The van der Waals surface area contributed by atoms with E-state index in [-0.39, 0.29) is 23.3 Å². The van der Waals surface area contributed by atoms with Crippen LogP contribution in [0.15, 0.2) is 72.8 Å². The van der Waals surface area contributed by atoms with E-state index in [2.05, 4.69) is 65.4 Å². The molecule has 3 rings (SSSR count). The second-order valence-electron chi connectivity index (χ2n) is 8.87. The van der Waals surface area contributed by atoms with Crippen LogP contribution < -0.4 is 0 Å². The number of hydrogen-bond donors (Lipinski definition) is 0. The fraction of sp³-hybridized carbons (Fsp3) is 0.385. The van der Waals surface area contributed by atoms with Gasteiger partial charge in [-0.2, -0.15) is 0 Å². The highest BCUT2D eigenvalue weighted by Gasteiger charge is 2.54. The lowest BCUT2D eigenvalue weighted by Crippen LogP contribution is -2.46. The van der Waals surface area contributed by atoms with Gasteiger partial charge in [-0.15, -0.1) is 0 Å². The Bertz CT molecular complexity index is 857. The van der Waals surface area contributed by atoms with Crippen molar-refractivity contribution in [2.75, 3.05) is 13.7 Å². The minimum atomic E-state index is -0.507.